The summed E-state index contributed by atoms with van der Waals surface area (Å²) in [6.45, 7) is 2.19. The topological polar surface area (TPSA) is 88.6 Å². The summed E-state index contributed by atoms with van der Waals surface area (Å²) in [6.07, 6.45) is -3.76. The largest absolute Gasteiger partial charge is 0.416 e. The Bertz CT molecular complexity index is 1000. The molecule has 0 spiro atoms. The molecule has 1 fully saturated rings. The van der Waals surface area contributed by atoms with Gasteiger partial charge in [0, 0.05) is 19.3 Å². The van der Waals surface area contributed by atoms with Gasteiger partial charge in [0.1, 0.15) is 16.5 Å². The number of pyridine rings is 1. The molecular weight excluding hydrogens is 418 g/mol. The van der Waals surface area contributed by atoms with Crippen molar-refractivity contribution in [1.82, 2.24) is 9.71 Å². The number of benzene rings is 1. The maximum absolute atomic E-state index is 13.9. The number of nitrogens with zero attached hydrogens (tertiary/aromatic N) is 2. The van der Waals surface area contributed by atoms with Crippen molar-refractivity contribution in [2.45, 2.75) is 11.1 Å². The number of halogens is 4. The molecule has 0 atom stereocenters. The van der Waals surface area contributed by atoms with Gasteiger partial charge in [0.25, 0.3) is 15.9 Å². The lowest BCUT2D eigenvalue weighted by Crippen LogP contribution is -2.36. The molecule has 1 amide bonds. The van der Waals surface area contributed by atoms with Gasteiger partial charge in [-0.2, -0.15) is 13.2 Å². The van der Waals surface area contributed by atoms with E-state index in [9.17, 15) is 30.8 Å². The van der Waals surface area contributed by atoms with Crippen LogP contribution in [0.25, 0.3) is 0 Å². The highest BCUT2D eigenvalue weighted by atomic mass is 32.2. The Morgan fingerprint density at radius 1 is 1.14 bits per heavy atom. The Hall–Kier alpha value is -2.73. The highest BCUT2D eigenvalue weighted by molar-refractivity contribution is 7.90. The van der Waals surface area contributed by atoms with Crippen LogP contribution in [0.2, 0.25) is 0 Å². The number of hydrogen-bond acceptors (Lipinski definition) is 6. The summed E-state index contributed by atoms with van der Waals surface area (Å²) in [5, 5.41) is 0. The standard InChI is InChI=1S/C17H15F4N3O4S/c18-14-9-11(17(19,20)21)1-3-13(14)16(25)23-29(26,27)12-2-4-15(22-10-12)24-5-7-28-8-6-24/h1-4,9-10H,5-8H2,(H,23,25). The molecule has 1 aromatic heterocycles. The second-order valence-corrected chi connectivity index (χ2v) is 7.76. The van der Waals surface area contributed by atoms with Gasteiger partial charge in [0.05, 0.1) is 24.3 Å². The predicted molar refractivity (Wildman–Crippen MR) is 93.3 cm³/mol. The molecule has 2 heterocycles. The number of rotatable bonds is 4. The zero-order valence-electron chi connectivity index (χ0n) is 14.7. The molecule has 1 saturated heterocycles. The van der Waals surface area contributed by atoms with E-state index in [4.69, 9.17) is 4.74 Å². The Morgan fingerprint density at radius 3 is 2.38 bits per heavy atom. The average molecular weight is 433 g/mol. The fraction of sp³-hybridized carbons (Fsp3) is 0.294. The number of alkyl halides is 3. The van der Waals surface area contributed by atoms with Crippen LogP contribution in [0.4, 0.5) is 23.4 Å². The first-order valence-corrected chi connectivity index (χ1v) is 9.79. The summed E-state index contributed by atoms with van der Waals surface area (Å²) >= 11 is 0. The lowest BCUT2D eigenvalue weighted by molar-refractivity contribution is -0.137. The summed E-state index contributed by atoms with van der Waals surface area (Å²) in [5.41, 5.74) is -2.13. The van der Waals surface area contributed by atoms with Crippen LogP contribution in [0.5, 0.6) is 0 Å². The van der Waals surface area contributed by atoms with Crippen molar-refractivity contribution in [2.24, 2.45) is 0 Å². The van der Waals surface area contributed by atoms with E-state index in [0.717, 1.165) is 6.20 Å². The van der Waals surface area contributed by atoms with Crippen molar-refractivity contribution >= 4 is 21.7 Å². The van der Waals surface area contributed by atoms with Crippen LogP contribution >= 0.6 is 0 Å². The van der Waals surface area contributed by atoms with E-state index in [1.165, 1.54) is 12.1 Å². The number of hydrogen-bond donors (Lipinski definition) is 1. The third kappa shape index (κ3) is 4.82. The van der Waals surface area contributed by atoms with Gasteiger partial charge in [-0.15, -0.1) is 0 Å². The van der Waals surface area contributed by atoms with Crippen LogP contribution in [-0.2, 0) is 20.9 Å². The number of morpholine rings is 1. The third-order valence-corrected chi connectivity index (χ3v) is 5.45. The maximum atomic E-state index is 13.9. The summed E-state index contributed by atoms with van der Waals surface area (Å²) in [5.74, 6) is -2.37. The van der Waals surface area contributed by atoms with Crippen molar-refractivity contribution in [1.29, 1.82) is 0 Å². The fourth-order valence-electron chi connectivity index (χ4n) is 2.62. The Kier molecular flexibility index (Phi) is 5.75. The van der Waals surface area contributed by atoms with E-state index in [1.807, 2.05) is 4.90 Å². The Balaban J connectivity index is 1.76. The van der Waals surface area contributed by atoms with Crippen LogP contribution in [0.15, 0.2) is 41.4 Å². The van der Waals surface area contributed by atoms with Crippen LogP contribution < -0.4 is 9.62 Å². The smallest absolute Gasteiger partial charge is 0.378 e. The zero-order valence-corrected chi connectivity index (χ0v) is 15.6. The number of aromatic nitrogens is 1. The van der Waals surface area contributed by atoms with Crippen LogP contribution in [0.3, 0.4) is 0 Å². The molecule has 1 aromatic carbocycles. The molecule has 1 N–H and O–H groups in total. The number of nitrogens with one attached hydrogen (secondary N) is 1. The van der Waals surface area contributed by atoms with Crippen molar-refractivity contribution in [3.8, 4) is 0 Å². The third-order valence-electron chi connectivity index (χ3n) is 4.13. The van der Waals surface area contributed by atoms with Gasteiger partial charge in [0.2, 0.25) is 0 Å². The highest BCUT2D eigenvalue weighted by Gasteiger charge is 2.32. The SMILES string of the molecule is O=C(NS(=O)(=O)c1ccc(N2CCOCC2)nc1)c1ccc(C(F)(F)F)cc1F. The van der Waals surface area contributed by atoms with E-state index in [1.54, 1.807) is 4.72 Å². The molecule has 0 radical (unpaired) electrons. The molecule has 1 aliphatic heterocycles. The molecule has 29 heavy (non-hydrogen) atoms. The van der Waals surface area contributed by atoms with Gasteiger partial charge in [-0.1, -0.05) is 0 Å². The first kappa shape index (κ1) is 21.0. The van der Waals surface area contributed by atoms with E-state index in [-0.39, 0.29) is 11.0 Å². The fourth-order valence-corrected chi connectivity index (χ4v) is 3.53. The van der Waals surface area contributed by atoms with Crippen LogP contribution in [0, 0.1) is 5.82 Å². The number of carbonyl (C=O) groups is 1. The first-order valence-electron chi connectivity index (χ1n) is 8.30. The Morgan fingerprint density at radius 2 is 1.83 bits per heavy atom. The van der Waals surface area contributed by atoms with E-state index < -0.39 is 39.1 Å². The lowest BCUT2D eigenvalue weighted by atomic mass is 10.1. The zero-order chi connectivity index (χ0) is 21.2. The number of sulfonamides is 1. The van der Waals surface area contributed by atoms with Gasteiger partial charge in [0.15, 0.2) is 0 Å². The molecule has 2 aromatic rings. The van der Waals surface area contributed by atoms with Gasteiger partial charge in [-0.3, -0.25) is 4.79 Å². The Labute approximate surface area is 163 Å². The van der Waals surface area contributed by atoms with E-state index in [2.05, 4.69) is 4.98 Å². The van der Waals surface area contributed by atoms with Crippen molar-refractivity contribution in [2.75, 3.05) is 31.2 Å². The number of ether oxygens (including phenoxy) is 1. The second-order valence-electron chi connectivity index (χ2n) is 6.08. The minimum atomic E-state index is -4.80. The van der Waals surface area contributed by atoms with Gasteiger partial charge >= 0.3 is 6.18 Å². The molecule has 0 saturated carbocycles. The molecule has 0 aliphatic carbocycles. The summed E-state index contributed by atoms with van der Waals surface area (Å²) in [6, 6.07) is 3.85. The van der Waals surface area contributed by atoms with E-state index in [0.29, 0.717) is 44.3 Å². The average Bonchev–Trinajstić information content (AvgIpc) is 2.67. The van der Waals surface area contributed by atoms with Crippen LogP contribution in [-0.4, -0.2) is 45.6 Å². The van der Waals surface area contributed by atoms with E-state index >= 15 is 0 Å². The van der Waals surface area contributed by atoms with Crippen molar-refractivity contribution in [3.05, 3.63) is 53.5 Å². The molecular formula is C17H15F4N3O4S. The first-order chi connectivity index (χ1) is 13.6. The number of amides is 1. The molecule has 0 bridgehead atoms. The van der Waals surface area contributed by atoms with Gasteiger partial charge in [-0.05, 0) is 30.3 Å². The molecule has 0 unspecified atom stereocenters. The van der Waals surface area contributed by atoms with Crippen molar-refractivity contribution < 1.29 is 35.5 Å². The maximum Gasteiger partial charge on any atom is 0.416 e. The van der Waals surface area contributed by atoms with Crippen molar-refractivity contribution in [3.63, 3.8) is 0 Å². The minimum absolute atomic E-state index is 0.125. The quantitative estimate of drug-likeness (QED) is 0.744. The second kappa shape index (κ2) is 7.95. The molecule has 7 nitrogen and oxygen atoms in total. The van der Waals surface area contributed by atoms with Gasteiger partial charge in [-0.25, -0.2) is 22.5 Å². The molecule has 1 aliphatic rings. The lowest BCUT2D eigenvalue weighted by Gasteiger charge is -2.27. The summed E-state index contributed by atoms with van der Waals surface area (Å²) in [7, 11) is -4.40. The van der Waals surface area contributed by atoms with Crippen LogP contribution in [0.1, 0.15) is 15.9 Å². The van der Waals surface area contributed by atoms with Gasteiger partial charge < -0.3 is 9.64 Å². The monoisotopic (exact) mass is 433 g/mol. The minimum Gasteiger partial charge on any atom is -0.378 e. The summed E-state index contributed by atoms with van der Waals surface area (Å²) in [4.78, 5) is 17.7. The normalized spacial score (nSPS) is 15.2. The predicted octanol–water partition coefficient (Wildman–Crippen LogP) is 2.19. The molecule has 12 heteroatoms. The number of carbonyl (C=O) groups excluding carboxylic acids is 1. The summed E-state index contributed by atoms with van der Waals surface area (Å²) < 4.78 is 83.1. The number of anilines is 1. The highest BCUT2D eigenvalue weighted by Crippen LogP contribution is 2.30. The molecule has 3 rings (SSSR count). The molecule has 156 valence electrons.